The van der Waals surface area contributed by atoms with Crippen molar-refractivity contribution in [2.45, 2.75) is 33.1 Å². The molecular formula is C16H24N4O5. The Morgan fingerprint density at radius 2 is 1.56 bits per heavy atom. The lowest BCUT2D eigenvalue weighted by atomic mass is 10.0. The number of rotatable bonds is 10. The van der Waals surface area contributed by atoms with Gasteiger partial charge in [-0.2, -0.15) is 0 Å². The van der Waals surface area contributed by atoms with Gasteiger partial charge in [-0.3, -0.25) is 28.9 Å². The lowest BCUT2D eigenvalue weighted by Gasteiger charge is -2.20. The van der Waals surface area contributed by atoms with Crippen LogP contribution in [0.4, 0.5) is 0 Å². The minimum Gasteiger partial charge on any atom is -0.356 e. The topological polar surface area (TPSA) is 125 Å². The van der Waals surface area contributed by atoms with Gasteiger partial charge in [0.05, 0.1) is 5.92 Å². The molecule has 1 aliphatic heterocycles. The maximum absolute atomic E-state index is 12.3. The Kier molecular flexibility index (Phi) is 8.31. The number of nitrogens with zero attached hydrogens (tertiary/aromatic N) is 1. The molecule has 5 amide bonds. The number of hydrogen-bond donors (Lipinski definition) is 3. The largest absolute Gasteiger partial charge is 0.356 e. The average Bonchev–Trinajstić information content (AvgIpc) is 2.85. The van der Waals surface area contributed by atoms with Gasteiger partial charge in [-0.05, 0) is 12.8 Å². The van der Waals surface area contributed by atoms with E-state index in [1.807, 2.05) is 0 Å². The monoisotopic (exact) mass is 352 g/mol. The van der Waals surface area contributed by atoms with Gasteiger partial charge in [0, 0.05) is 39.1 Å². The van der Waals surface area contributed by atoms with E-state index in [1.54, 1.807) is 0 Å². The molecule has 3 N–H and O–H groups in total. The van der Waals surface area contributed by atoms with E-state index in [0.717, 1.165) is 17.1 Å². The quantitative estimate of drug-likeness (QED) is 0.345. The van der Waals surface area contributed by atoms with Gasteiger partial charge < -0.3 is 16.0 Å². The van der Waals surface area contributed by atoms with E-state index >= 15 is 0 Å². The number of imide groups is 1. The first kappa shape index (κ1) is 20.3. The minimum atomic E-state index is -0.484. The molecule has 0 radical (unpaired) electrons. The molecule has 0 aromatic carbocycles. The summed E-state index contributed by atoms with van der Waals surface area (Å²) in [5, 5.41) is 7.83. The summed E-state index contributed by atoms with van der Waals surface area (Å²) in [5.41, 5.74) is 0. The van der Waals surface area contributed by atoms with E-state index in [2.05, 4.69) is 16.0 Å². The molecule has 0 saturated heterocycles. The smallest absolute Gasteiger partial charge is 0.255 e. The summed E-state index contributed by atoms with van der Waals surface area (Å²) in [5.74, 6) is -2.13. The number of amides is 5. The van der Waals surface area contributed by atoms with Gasteiger partial charge in [0.15, 0.2) is 0 Å². The van der Waals surface area contributed by atoms with Gasteiger partial charge in [-0.25, -0.2) is 0 Å². The predicted octanol–water partition coefficient (Wildman–Crippen LogP) is -0.956. The lowest BCUT2D eigenvalue weighted by molar-refractivity contribution is -0.138. The number of unbranched alkanes of at least 4 members (excludes halogenated alkanes) is 1. The highest BCUT2D eigenvalue weighted by molar-refractivity contribution is 6.12. The maximum atomic E-state index is 12.3. The lowest BCUT2D eigenvalue weighted by Crippen LogP contribution is -2.45. The van der Waals surface area contributed by atoms with Crippen molar-refractivity contribution in [1.29, 1.82) is 0 Å². The minimum absolute atomic E-state index is 0.110. The third kappa shape index (κ3) is 7.60. The second-order valence-corrected chi connectivity index (χ2v) is 5.75. The first-order chi connectivity index (χ1) is 11.8. The Hall–Kier alpha value is -2.71. The van der Waals surface area contributed by atoms with E-state index in [1.165, 1.54) is 13.8 Å². The molecular weight excluding hydrogens is 328 g/mol. The third-order valence-corrected chi connectivity index (χ3v) is 3.63. The van der Waals surface area contributed by atoms with Crippen molar-refractivity contribution < 1.29 is 24.0 Å². The zero-order valence-corrected chi connectivity index (χ0v) is 14.5. The van der Waals surface area contributed by atoms with E-state index in [-0.39, 0.29) is 30.9 Å². The van der Waals surface area contributed by atoms with Crippen LogP contribution in [0.5, 0.6) is 0 Å². The molecule has 1 heterocycles. The Morgan fingerprint density at radius 3 is 2.12 bits per heavy atom. The Bertz CT molecular complexity index is 555. The summed E-state index contributed by atoms with van der Waals surface area (Å²) in [4.78, 5) is 58.0. The van der Waals surface area contributed by atoms with E-state index in [4.69, 9.17) is 0 Å². The van der Waals surface area contributed by atoms with Crippen LogP contribution in [0.25, 0.3) is 0 Å². The Labute approximate surface area is 146 Å². The molecule has 138 valence electrons. The van der Waals surface area contributed by atoms with Crippen molar-refractivity contribution in [2.75, 3.05) is 19.8 Å². The van der Waals surface area contributed by atoms with Gasteiger partial charge in [0.1, 0.15) is 6.67 Å². The Morgan fingerprint density at radius 1 is 0.960 bits per heavy atom. The van der Waals surface area contributed by atoms with Gasteiger partial charge in [-0.1, -0.05) is 6.42 Å². The predicted molar refractivity (Wildman–Crippen MR) is 88.7 cm³/mol. The highest BCUT2D eigenvalue weighted by Crippen LogP contribution is 2.09. The van der Waals surface area contributed by atoms with Gasteiger partial charge in [0.25, 0.3) is 11.8 Å². The molecule has 9 heteroatoms. The van der Waals surface area contributed by atoms with Crippen LogP contribution in [0.3, 0.4) is 0 Å². The molecule has 1 rings (SSSR count). The van der Waals surface area contributed by atoms with E-state index in [9.17, 15) is 24.0 Å². The van der Waals surface area contributed by atoms with Crippen LogP contribution < -0.4 is 16.0 Å². The molecule has 0 bridgehead atoms. The van der Waals surface area contributed by atoms with Crippen molar-refractivity contribution in [1.82, 2.24) is 20.9 Å². The second-order valence-electron chi connectivity index (χ2n) is 5.75. The van der Waals surface area contributed by atoms with Crippen LogP contribution >= 0.6 is 0 Å². The molecule has 0 aromatic heterocycles. The standard InChI is InChI=1S/C16H24N4O5/c1-11(21)17-8-4-3-5-13(9-18-12(2)22)16(25)19-10-20-14(23)6-7-15(20)24/h6-7,13H,3-5,8-10H2,1-2H3,(H,17,21)(H,18,22)(H,19,25). The summed E-state index contributed by atoms with van der Waals surface area (Å²) in [6.45, 7) is 3.28. The summed E-state index contributed by atoms with van der Waals surface area (Å²) in [7, 11) is 0. The number of hydrogen-bond acceptors (Lipinski definition) is 5. The SMILES string of the molecule is CC(=O)NCCCCC(CNC(C)=O)C(=O)NCN1C(=O)C=CC1=O. The normalized spacial score (nSPS) is 14.4. The molecule has 0 saturated carbocycles. The number of nitrogens with one attached hydrogen (secondary N) is 3. The first-order valence-electron chi connectivity index (χ1n) is 8.11. The first-order valence-corrected chi connectivity index (χ1v) is 8.11. The second kappa shape index (κ2) is 10.2. The highest BCUT2D eigenvalue weighted by Gasteiger charge is 2.25. The molecule has 0 aliphatic carbocycles. The van der Waals surface area contributed by atoms with Crippen molar-refractivity contribution in [3.63, 3.8) is 0 Å². The average molecular weight is 352 g/mol. The van der Waals surface area contributed by atoms with Gasteiger partial charge in [0.2, 0.25) is 17.7 Å². The summed E-state index contributed by atoms with van der Waals surface area (Å²) in [6, 6.07) is 0. The summed E-state index contributed by atoms with van der Waals surface area (Å²) >= 11 is 0. The van der Waals surface area contributed by atoms with Crippen molar-refractivity contribution in [3.8, 4) is 0 Å². The van der Waals surface area contributed by atoms with Crippen molar-refractivity contribution in [2.24, 2.45) is 5.92 Å². The molecule has 25 heavy (non-hydrogen) atoms. The third-order valence-electron chi connectivity index (χ3n) is 3.63. The number of carbonyl (C=O) groups excluding carboxylic acids is 5. The van der Waals surface area contributed by atoms with Crippen molar-refractivity contribution in [3.05, 3.63) is 12.2 Å². The highest BCUT2D eigenvalue weighted by atomic mass is 16.2. The molecule has 0 fully saturated rings. The molecule has 9 nitrogen and oxygen atoms in total. The van der Waals surface area contributed by atoms with Gasteiger partial charge in [-0.15, -0.1) is 0 Å². The molecule has 1 aliphatic rings. The van der Waals surface area contributed by atoms with Crippen LogP contribution in [0.15, 0.2) is 12.2 Å². The van der Waals surface area contributed by atoms with Crippen LogP contribution in [-0.2, 0) is 24.0 Å². The van der Waals surface area contributed by atoms with Gasteiger partial charge >= 0.3 is 0 Å². The number of carbonyl (C=O) groups is 5. The zero-order valence-electron chi connectivity index (χ0n) is 14.5. The van der Waals surface area contributed by atoms with E-state index < -0.39 is 17.7 Å². The molecule has 1 atom stereocenters. The summed E-state index contributed by atoms with van der Waals surface area (Å²) in [6.07, 6.45) is 4.18. The molecule has 0 spiro atoms. The zero-order chi connectivity index (χ0) is 18.8. The summed E-state index contributed by atoms with van der Waals surface area (Å²) < 4.78 is 0. The fourth-order valence-corrected chi connectivity index (χ4v) is 2.26. The van der Waals surface area contributed by atoms with Crippen molar-refractivity contribution >= 4 is 29.5 Å². The maximum Gasteiger partial charge on any atom is 0.255 e. The fourth-order valence-electron chi connectivity index (χ4n) is 2.26. The molecule has 1 unspecified atom stereocenters. The fraction of sp³-hybridized carbons (Fsp3) is 0.562. The van der Waals surface area contributed by atoms with Crippen LogP contribution in [-0.4, -0.2) is 54.2 Å². The van der Waals surface area contributed by atoms with Crippen LogP contribution in [0.2, 0.25) is 0 Å². The van der Waals surface area contributed by atoms with E-state index in [0.29, 0.717) is 25.8 Å². The van der Waals surface area contributed by atoms with Crippen LogP contribution in [0, 0.1) is 5.92 Å². The molecule has 0 aromatic rings. The Balaban J connectivity index is 2.45. The van der Waals surface area contributed by atoms with Crippen LogP contribution in [0.1, 0.15) is 33.1 Å².